The first kappa shape index (κ1) is 19.1. The standard InChI is InChI=1S/C20H14ClN5O2S/c1-11(29-20-26-25-19(28-20)12-5-4-6-13(21)9-12)17(27)14(10-22)18-23-15-7-2-3-8-16(15)24-18/h2-9,11,27H,1H3,(H,23,24)/b17-14-. The molecule has 0 saturated carbocycles. The lowest BCUT2D eigenvalue weighted by Crippen LogP contribution is -2.04. The highest BCUT2D eigenvalue weighted by molar-refractivity contribution is 7.99. The molecular weight excluding hydrogens is 410 g/mol. The molecule has 1 unspecified atom stereocenters. The van der Waals surface area contributed by atoms with Gasteiger partial charge in [-0.2, -0.15) is 5.26 Å². The second-order valence-corrected chi connectivity index (χ2v) is 7.85. The third-order valence-corrected chi connectivity index (χ3v) is 5.31. The third kappa shape index (κ3) is 3.97. The number of nitrogens with one attached hydrogen (secondary N) is 1. The van der Waals surface area contributed by atoms with Crippen molar-refractivity contribution < 1.29 is 9.52 Å². The van der Waals surface area contributed by atoms with Crippen LogP contribution in [0, 0.1) is 11.3 Å². The number of aromatic amines is 1. The van der Waals surface area contributed by atoms with Gasteiger partial charge in [-0.25, -0.2) is 4.98 Å². The molecule has 0 aliphatic carbocycles. The summed E-state index contributed by atoms with van der Waals surface area (Å²) in [6.45, 7) is 1.74. The van der Waals surface area contributed by atoms with Crippen molar-refractivity contribution in [2.24, 2.45) is 0 Å². The molecule has 2 N–H and O–H groups in total. The number of hydrogen-bond acceptors (Lipinski definition) is 7. The number of benzene rings is 2. The molecule has 2 heterocycles. The number of para-hydroxylation sites is 2. The van der Waals surface area contributed by atoms with E-state index in [1.165, 1.54) is 0 Å². The number of imidazole rings is 1. The van der Waals surface area contributed by atoms with Crippen LogP contribution < -0.4 is 0 Å². The van der Waals surface area contributed by atoms with Crippen LogP contribution in [0.3, 0.4) is 0 Å². The molecule has 4 aromatic rings. The van der Waals surface area contributed by atoms with Gasteiger partial charge < -0.3 is 14.5 Å². The van der Waals surface area contributed by atoms with E-state index < -0.39 is 5.25 Å². The lowest BCUT2D eigenvalue weighted by atomic mass is 10.2. The Hall–Kier alpha value is -3.28. The smallest absolute Gasteiger partial charge is 0.277 e. The predicted octanol–water partition coefficient (Wildman–Crippen LogP) is 5.24. The van der Waals surface area contributed by atoms with E-state index in [0.717, 1.165) is 17.3 Å². The van der Waals surface area contributed by atoms with Crippen LogP contribution in [0.5, 0.6) is 0 Å². The first-order valence-electron chi connectivity index (χ1n) is 8.59. The van der Waals surface area contributed by atoms with E-state index >= 15 is 0 Å². The molecule has 0 saturated heterocycles. The van der Waals surface area contributed by atoms with Crippen molar-refractivity contribution in [2.75, 3.05) is 0 Å². The van der Waals surface area contributed by atoms with Gasteiger partial charge in [-0.3, -0.25) is 0 Å². The summed E-state index contributed by atoms with van der Waals surface area (Å²) in [5.41, 5.74) is 2.26. The first-order chi connectivity index (χ1) is 14.0. The van der Waals surface area contributed by atoms with Gasteiger partial charge >= 0.3 is 0 Å². The van der Waals surface area contributed by atoms with E-state index in [1.54, 1.807) is 25.1 Å². The Morgan fingerprint density at radius 1 is 1.24 bits per heavy atom. The number of aromatic nitrogens is 4. The largest absolute Gasteiger partial charge is 0.510 e. The lowest BCUT2D eigenvalue weighted by molar-refractivity contribution is 0.399. The number of thioether (sulfide) groups is 1. The van der Waals surface area contributed by atoms with Gasteiger partial charge in [-0.05, 0) is 37.3 Å². The zero-order chi connectivity index (χ0) is 20.4. The molecule has 4 rings (SSSR count). The highest BCUT2D eigenvalue weighted by atomic mass is 35.5. The number of fused-ring (bicyclic) bond motifs is 1. The summed E-state index contributed by atoms with van der Waals surface area (Å²) in [6.07, 6.45) is 0. The fourth-order valence-corrected chi connectivity index (χ4v) is 3.65. The van der Waals surface area contributed by atoms with Crippen LogP contribution in [0.1, 0.15) is 12.7 Å². The first-order valence-corrected chi connectivity index (χ1v) is 9.85. The Morgan fingerprint density at radius 3 is 2.83 bits per heavy atom. The van der Waals surface area contributed by atoms with Crippen LogP contribution in [0.15, 0.2) is 63.9 Å². The molecule has 0 fully saturated rings. The monoisotopic (exact) mass is 423 g/mol. The Bertz CT molecular complexity index is 1220. The third-order valence-electron chi connectivity index (χ3n) is 4.13. The van der Waals surface area contributed by atoms with E-state index in [-0.39, 0.29) is 16.6 Å². The maximum absolute atomic E-state index is 10.6. The predicted molar refractivity (Wildman–Crippen MR) is 111 cm³/mol. The van der Waals surface area contributed by atoms with Crippen molar-refractivity contribution in [3.05, 3.63) is 65.1 Å². The van der Waals surface area contributed by atoms with E-state index in [9.17, 15) is 10.4 Å². The minimum Gasteiger partial charge on any atom is -0.510 e. The molecule has 144 valence electrons. The van der Waals surface area contributed by atoms with Crippen molar-refractivity contribution in [1.82, 2.24) is 20.2 Å². The number of aliphatic hydroxyl groups is 1. The summed E-state index contributed by atoms with van der Waals surface area (Å²) in [6, 6.07) is 16.5. The van der Waals surface area contributed by atoms with Crippen molar-refractivity contribution in [3.8, 4) is 17.5 Å². The van der Waals surface area contributed by atoms with E-state index in [0.29, 0.717) is 27.8 Å². The Kier molecular flexibility index (Phi) is 5.25. The second-order valence-electron chi connectivity index (χ2n) is 6.12. The topological polar surface area (TPSA) is 112 Å². The van der Waals surface area contributed by atoms with Crippen molar-refractivity contribution in [3.63, 3.8) is 0 Å². The minimum absolute atomic E-state index is 0.0655. The van der Waals surface area contributed by atoms with E-state index in [2.05, 4.69) is 20.2 Å². The number of rotatable bonds is 5. The molecule has 0 spiro atoms. The number of hydrogen-bond donors (Lipinski definition) is 2. The maximum atomic E-state index is 10.6. The van der Waals surface area contributed by atoms with E-state index in [1.807, 2.05) is 36.4 Å². The maximum Gasteiger partial charge on any atom is 0.277 e. The van der Waals surface area contributed by atoms with Gasteiger partial charge in [-0.15, -0.1) is 10.2 Å². The average molecular weight is 424 g/mol. The van der Waals surface area contributed by atoms with Gasteiger partial charge in [0.1, 0.15) is 17.4 Å². The van der Waals surface area contributed by atoms with E-state index in [4.69, 9.17) is 16.0 Å². The van der Waals surface area contributed by atoms with Gasteiger partial charge in [0.15, 0.2) is 5.82 Å². The lowest BCUT2D eigenvalue weighted by Gasteiger charge is -2.08. The fraction of sp³-hybridized carbons (Fsp3) is 0.100. The Morgan fingerprint density at radius 2 is 2.07 bits per heavy atom. The molecule has 0 aliphatic rings. The second kappa shape index (κ2) is 7.99. The number of allylic oxidation sites excluding steroid dienone is 1. The summed E-state index contributed by atoms with van der Waals surface area (Å²) in [4.78, 5) is 7.43. The molecule has 0 radical (unpaired) electrons. The minimum atomic E-state index is -0.509. The Labute approximate surface area is 175 Å². The summed E-state index contributed by atoms with van der Waals surface area (Å²) in [5.74, 6) is 0.506. The van der Waals surface area contributed by atoms with Crippen LogP contribution in [0.2, 0.25) is 5.02 Å². The molecule has 0 bridgehead atoms. The van der Waals surface area contributed by atoms with Crippen molar-refractivity contribution >= 4 is 40.0 Å². The van der Waals surface area contributed by atoms with Gasteiger partial charge in [0.25, 0.3) is 5.22 Å². The average Bonchev–Trinajstić information content (AvgIpc) is 3.35. The van der Waals surface area contributed by atoms with Crippen LogP contribution in [0.25, 0.3) is 28.1 Å². The molecular formula is C20H14ClN5O2S. The number of aliphatic hydroxyl groups excluding tert-OH is 1. The van der Waals surface area contributed by atoms with Gasteiger partial charge in [0.05, 0.1) is 16.3 Å². The summed E-state index contributed by atoms with van der Waals surface area (Å²) in [7, 11) is 0. The van der Waals surface area contributed by atoms with Crippen molar-refractivity contribution in [2.45, 2.75) is 17.4 Å². The molecule has 2 aromatic carbocycles. The molecule has 2 aromatic heterocycles. The molecule has 29 heavy (non-hydrogen) atoms. The number of H-pyrrole nitrogens is 1. The molecule has 1 atom stereocenters. The highest BCUT2D eigenvalue weighted by Crippen LogP contribution is 2.31. The molecule has 0 aliphatic heterocycles. The van der Waals surface area contributed by atoms with Crippen LogP contribution >= 0.6 is 23.4 Å². The van der Waals surface area contributed by atoms with Gasteiger partial charge in [-0.1, -0.05) is 41.6 Å². The summed E-state index contributed by atoms with van der Waals surface area (Å²) >= 11 is 7.13. The summed E-state index contributed by atoms with van der Waals surface area (Å²) < 4.78 is 5.65. The SMILES string of the molecule is CC(Sc1nnc(-c2cccc(Cl)c2)o1)/C(O)=C(\C#N)c1nc2ccccc2[nH]1. The molecule has 7 nitrogen and oxygen atoms in total. The quantitative estimate of drug-likeness (QED) is 0.256. The van der Waals surface area contributed by atoms with Crippen LogP contribution in [0.4, 0.5) is 0 Å². The number of nitriles is 1. The van der Waals surface area contributed by atoms with Crippen LogP contribution in [-0.4, -0.2) is 30.5 Å². The zero-order valence-electron chi connectivity index (χ0n) is 15.1. The van der Waals surface area contributed by atoms with Gasteiger partial charge in [0.2, 0.25) is 5.89 Å². The molecule has 0 amide bonds. The number of halogens is 1. The zero-order valence-corrected chi connectivity index (χ0v) is 16.7. The van der Waals surface area contributed by atoms with Crippen molar-refractivity contribution in [1.29, 1.82) is 5.26 Å². The normalized spacial score (nSPS) is 13.1. The highest BCUT2D eigenvalue weighted by Gasteiger charge is 2.21. The molecule has 9 heteroatoms. The number of nitrogens with zero attached hydrogens (tertiary/aromatic N) is 4. The van der Waals surface area contributed by atoms with Crippen LogP contribution in [-0.2, 0) is 0 Å². The fourth-order valence-electron chi connectivity index (χ4n) is 2.71. The Balaban J connectivity index is 1.58. The van der Waals surface area contributed by atoms with Gasteiger partial charge in [0, 0.05) is 10.6 Å². The summed E-state index contributed by atoms with van der Waals surface area (Å²) in [5, 5.41) is 28.5.